The van der Waals surface area contributed by atoms with Crippen LogP contribution in [0.5, 0.6) is 11.5 Å². The summed E-state index contributed by atoms with van der Waals surface area (Å²) in [6, 6.07) is 15.7. The topological polar surface area (TPSA) is 64.6 Å². The number of nitrogens with one attached hydrogen (secondary N) is 1. The smallest absolute Gasteiger partial charge is 0.338 e. The van der Waals surface area contributed by atoms with Crippen molar-refractivity contribution in [3.05, 3.63) is 60.2 Å². The first-order chi connectivity index (χ1) is 11.2. The van der Waals surface area contributed by atoms with E-state index in [1.54, 1.807) is 24.3 Å². The molecular weight excluding hydrogens is 294 g/mol. The summed E-state index contributed by atoms with van der Waals surface area (Å²) >= 11 is 0. The minimum Gasteiger partial charge on any atom is -0.457 e. The highest BCUT2D eigenvalue weighted by atomic mass is 16.5. The van der Waals surface area contributed by atoms with Gasteiger partial charge >= 0.3 is 5.97 Å². The van der Waals surface area contributed by atoms with Gasteiger partial charge in [0.25, 0.3) is 5.91 Å². The minimum atomic E-state index is -0.591. The Morgan fingerprint density at radius 1 is 1.00 bits per heavy atom. The summed E-state index contributed by atoms with van der Waals surface area (Å²) in [6.07, 6.45) is 5.01. The highest BCUT2D eigenvalue weighted by Gasteiger charge is 2.10. The van der Waals surface area contributed by atoms with Crippen molar-refractivity contribution >= 4 is 11.9 Å². The highest BCUT2D eigenvalue weighted by molar-refractivity contribution is 5.91. The van der Waals surface area contributed by atoms with Crippen molar-refractivity contribution in [3.8, 4) is 23.8 Å². The van der Waals surface area contributed by atoms with Crippen LogP contribution in [0.3, 0.4) is 0 Å². The first-order valence-corrected chi connectivity index (χ1v) is 6.89. The van der Waals surface area contributed by atoms with Gasteiger partial charge in [-0.25, -0.2) is 4.79 Å². The van der Waals surface area contributed by atoms with Gasteiger partial charge in [0.15, 0.2) is 6.61 Å². The summed E-state index contributed by atoms with van der Waals surface area (Å²) in [5.41, 5.74) is 0.329. The molecule has 0 saturated carbocycles. The number of esters is 1. The van der Waals surface area contributed by atoms with E-state index in [9.17, 15) is 9.59 Å². The molecule has 23 heavy (non-hydrogen) atoms. The fourth-order valence-electron chi connectivity index (χ4n) is 1.70. The summed E-state index contributed by atoms with van der Waals surface area (Å²) in [7, 11) is 0. The van der Waals surface area contributed by atoms with E-state index in [0.29, 0.717) is 17.1 Å². The lowest BCUT2D eigenvalue weighted by molar-refractivity contribution is -0.123. The number of rotatable bonds is 6. The Labute approximate surface area is 134 Å². The second kappa shape index (κ2) is 8.25. The van der Waals surface area contributed by atoms with Crippen molar-refractivity contribution in [3.63, 3.8) is 0 Å². The molecule has 0 aromatic heterocycles. The SMILES string of the molecule is C#CCNC(=O)COC(=O)c1ccc(Oc2ccccc2)cc1. The number of amides is 1. The van der Waals surface area contributed by atoms with E-state index in [1.807, 2.05) is 30.3 Å². The molecule has 0 aliphatic heterocycles. The van der Waals surface area contributed by atoms with E-state index in [2.05, 4.69) is 11.2 Å². The van der Waals surface area contributed by atoms with Crippen molar-refractivity contribution in [1.82, 2.24) is 5.32 Å². The van der Waals surface area contributed by atoms with E-state index >= 15 is 0 Å². The Bertz CT molecular complexity index is 702. The molecular formula is C18H15NO4. The maximum absolute atomic E-state index is 11.8. The number of ether oxygens (including phenoxy) is 2. The fraction of sp³-hybridized carbons (Fsp3) is 0.111. The van der Waals surface area contributed by atoms with E-state index < -0.39 is 11.9 Å². The highest BCUT2D eigenvalue weighted by Crippen LogP contribution is 2.21. The molecule has 0 heterocycles. The van der Waals surface area contributed by atoms with Gasteiger partial charge in [-0.05, 0) is 36.4 Å². The quantitative estimate of drug-likeness (QED) is 0.657. The molecule has 0 fully saturated rings. The molecule has 116 valence electrons. The zero-order valence-electron chi connectivity index (χ0n) is 12.3. The number of carbonyl (C=O) groups is 2. The molecule has 2 aromatic rings. The second-order valence-electron chi connectivity index (χ2n) is 4.50. The normalized spacial score (nSPS) is 9.52. The fourth-order valence-corrected chi connectivity index (χ4v) is 1.70. The van der Waals surface area contributed by atoms with Crippen molar-refractivity contribution in [2.75, 3.05) is 13.2 Å². The van der Waals surface area contributed by atoms with E-state index in [4.69, 9.17) is 15.9 Å². The molecule has 0 unspecified atom stereocenters. The third-order valence-corrected chi connectivity index (χ3v) is 2.79. The van der Waals surface area contributed by atoms with Crippen molar-refractivity contribution < 1.29 is 19.1 Å². The van der Waals surface area contributed by atoms with Crippen LogP contribution in [0.2, 0.25) is 0 Å². The molecule has 0 aliphatic rings. The lowest BCUT2D eigenvalue weighted by atomic mass is 10.2. The molecule has 0 atom stereocenters. The molecule has 0 saturated heterocycles. The number of para-hydroxylation sites is 1. The molecule has 1 amide bonds. The van der Waals surface area contributed by atoms with E-state index in [-0.39, 0.29) is 13.2 Å². The summed E-state index contributed by atoms with van der Waals surface area (Å²) in [5, 5.41) is 2.40. The molecule has 2 rings (SSSR count). The molecule has 5 nitrogen and oxygen atoms in total. The average molecular weight is 309 g/mol. The molecule has 1 N–H and O–H groups in total. The monoisotopic (exact) mass is 309 g/mol. The van der Waals surface area contributed by atoms with Gasteiger partial charge in [0.2, 0.25) is 0 Å². The first kappa shape index (κ1) is 16.1. The summed E-state index contributed by atoms with van der Waals surface area (Å²) in [5.74, 6) is 2.52. The van der Waals surface area contributed by atoms with Crippen LogP contribution in [0.25, 0.3) is 0 Å². The van der Waals surface area contributed by atoms with Crippen LogP contribution in [0.1, 0.15) is 10.4 Å². The van der Waals surface area contributed by atoms with Crippen LogP contribution >= 0.6 is 0 Å². The summed E-state index contributed by atoms with van der Waals surface area (Å²) < 4.78 is 10.5. The molecule has 0 aliphatic carbocycles. The van der Waals surface area contributed by atoms with Gasteiger partial charge in [0.1, 0.15) is 11.5 Å². The number of hydrogen-bond acceptors (Lipinski definition) is 4. The first-order valence-electron chi connectivity index (χ1n) is 6.89. The van der Waals surface area contributed by atoms with Crippen molar-refractivity contribution in [2.24, 2.45) is 0 Å². The zero-order chi connectivity index (χ0) is 16.5. The van der Waals surface area contributed by atoms with Crippen LogP contribution in [-0.4, -0.2) is 25.0 Å². The van der Waals surface area contributed by atoms with Crippen LogP contribution in [-0.2, 0) is 9.53 Å². The molecule has 0 bridgehead atoms. The largest absolute Gasteiger partial charge is 0.457 e. The summed E-state index contributed by atoms with van der Waals surface area (Å²) in [4.78, 5) is 23.1. The molecule has 2 aromatic carbocycles. The number of benzene rings is 2. The molecule has 0 radical (unpaired) electrons. The van der Waals surface area contributed by atoms with E-state index in [1.165, 1.54) is 0 Å². The number of hydrogen-bond donors (Lipinski definition) is 1. The van der Waals surface area contributed by atoms with Gasteiger partial charge in [-0.1, -0.05) is 24.1 Å². The second-order valence-corrected chi connectivity index (χ2v) is 4.50. The third kappa shape index (κ3) is 5.21. The predicted molar refractivity (Wildman–Crippen MR) is 85.1 cm³/mol. The lowest BCUT2D eigenvalue weighted by Crippen LogP contribution is -2.28. The Hall–Kier alpha value is -3.26. The zero-order valence-corrected chi connectivity index (χ0v) is 12.3. The van der Waals surface area contributed by atoms with Crippen LogP contribution < -0.4 is 10.1 Å². The number of terminal acetylenes is 1. The van der Waals surface area contributed by atoms with Crippen LogP contribution in [0.4, 0.5) is 0 Å². The lowest BCUT2D eigenvalue weighted by Gasteiger charge is -2.07. The van der Waals surface area contributed by atoms with Gasteiger partial charge in [-0.2, -0.15) is 0 Å². The van der Waals surface area contributed by atoms with E-state index in [0.717, 1.165) is 0 Å². The Balaban J connectivity index is 1.88. The Kier molecular flexibility index (Phi) is 5.78. The van der Waals surface area contributed by atoms with Gasteiger partial charge < -0.3 is 14.8 Å². The van der Waals surface area contributed by atoms with Crippen molar-refractivity contribution in [1.29, 1.82) is 0 Å². The Morgan fingerprint density at radius 2 is 1.65 bits per heavy atom. The standard InChI is InChI=1S/C18H15NO4/c1-2-12-19-17(20)13-22-18(21)14-8-10-16(11-9-14)23-15-6-4-3-5-7-15/h1,3-11H,12-13H2,(H,19,20). The maximum atomic E-state index is 11.8. The number of carbonyl (C=O) groups excluding carboxylic acids is 2. The van der Waals surface area contributed by atoms with Gasteiger partial charge in [-0.3, -0.25) is 4.79 Å². The average Bonchev–Trinajstić information content (AvgIpc) is 2.59. The maximum Gasteiger partial charge on any atom is 0.338 e. The predicted octanol–water partition coefficient (Wildman–Crippen LogP) is 2.39. The molecule has 0 spiro atoms. The van der Waals surface area contributed by atoms with Crippen molar-refractivity contribution in [2.45, 2.75) is 0 Å². The van der Waals surface area contributed by atoms with Gasteiger partial charge in [0, 0.05) is 0 Å². The third-order valence-electron chi connectivity index (χ3n) is 2.79. The van der Waals surface area contributed by atoms with Crippen LogP contribution in [0, 0.1) is 12.3 Å². The minimum absolute atomic E-state index is 0.0991. The van der Waals surface area contributed by atoms with Gasteiger partial charge in [0.05, 0.1) is 12.1 Å². The summed E-state index contributed by atoms with van der Waals surface area (Å²) in [6.45, 7) is -0.273. The van der Waals surface area contributed by atoms with Gasteiger partial charge in [-0.15, -0.1) is 6.42 Å². The van der Waals surface area contributed by atoms with Crippen LogP contribution in [0.15, 0.2) is 54.6 Å². The Morgan fingerprint density at radius 3 is 2.30 bits per heavy atom. The molecule has 5 heteroatoms.